The van der Waals surface area contributed by atoms with E-state index in [-0.39, 0.29) is 32.7 Å². The Hall–Kier alpha value is 0.804. The molecule has 0 unspecified atom stereocenters. The number of hydrogen-bond acceptors (Lipinski definition) is 3. The van der Waals surface area contributed by atoms with Gasteiger partial charge in [0.2, 0.25) is 0 Å². The van der Waals surface area contributed by atoms with Gasteiger partial charge in [-0.1, -0.05) is 0 Å². The molecule has 0 atom stereocenters. The first-order chi connectivity index (χ1) is 3.25. The molecule has 9 heavy (non-hydrogen) atoms. The van der Waals surface area contributed by atoms with Crippen LogP contribution >= 0.6 is 0 Å². The summed E-state index contributed by atoms with van der Waals surface area (Å²) in [5.74, 6) is 0. The van der Waals surface area contributed by atoms with Gasteiger partial charge >= 0.3 is 38.2 Å². The Kier molecular flexibility index (Phi) is 4.53. The molecule has 0 aliphatic heterocycles. The van der Waals surface area contributed by atoms with Gasteiger partial charge in [0.05, 0.1) is 0 Å². The van der Waals surface area contributed by atoms with E-state index in [1.54, 1.807) is 0 Å². The molecule has 0 rings (SSSR count). The van der Waals surface area contributed by atoms with Crippen molar-refractivity contribution in [2.45, 2.75) is 5.51 Å². The second kappa shape index (κ2) is 3.27. The van der Waals surface area contributed by atoms with Crippen molar-refractivity contribution in [2.24, 2.45) is 0 Å². The molecule has 0 heterocycles. The van der Waals surface area contributed by atoms with Gasteiger partial charge in [0, 0.05) is 0 Å². The monoisotopic (exact) mass is 238 g/mol. The SMILES string of the molecule is O=S(=O)([O-])C(F)(F)F.[Y+3]. The van der Waals surface area contributed by atoms with Crippen molar-refractivity contribution in [2.75, 3.05) is 0 Å². The fourth-order valence-corrected chi connectivity index (χ4v) is 0. The van der Waals surface area contributed by atoms with E-state index < -0.39 is 15.6 Å². The predicted molar refractivity (Wildman–Crippen MR) is 15.8 cm³/mol. The van der Waals surface area contributed by atoms with E-state index in [0.717, 1.165) is 0 Å². The molecule has 8 heteroatoms. The van der Waals surface area contributed by atoms with Crippen LogP contribution in [-0.4, -0.2) is 18.5 Å². The van der Waals surface area contributed by atoms with Crippen molar-refractivity contribution >= 4 is 10.1 Å². The van der Waals surface area contributed by atoms with E-state index in [9.17, 15) is 13.2 Å². The summed E-state index contributed by atoms with van der Waals surface area (Å²) in [6, 6.07) is 0. The number of rotatable bonds is 0. The van der Waals surface area contributed by atoms with E-state index >= 15 is 0 Å². The fourth-order valence-electron chi connectivity index (χ4n) is 0. The molecule has 3 nitrogen and oxygen atoms in total. The molecule has 0 saturated carbocycles. The Morgan fingerprint density at radius 1 is 1.22 bits per heavy atom. The Balaban J connectivity index is 0. The maximum Gasteiger partial charge on any atom is 3.00 e. The van der Waals surface area contributed by atoms with Gasteiger partial charge in [-0.05, 0) is 0 Å². The van der Waals surface area contributed by atoms with Crippen LogP contribution in [0, 0.1) is 0 Å². The van der Waals surface area contributed by atoms with Gasteiger partial charge < -0.3 is 4.55 Å². The Morgan fingerprint density at radius 3 is 1.33 bits per heavy atom. The minimum absolute atomic E-state index is 0. The van der Waals surface area contributed by atoms with Gasteiger partial charge in [-0.25, -0.2) is 8.42 Å². The van der Waals surface area contributed by atoms with Crippen LogP contribution in [0.4, 0.5) is 13.2 Å². The maximum absolute atomic E-state index is 10.7. The van der Waals surface area contributed by atoms with Crippen molar-refractivity contribution < 1.29 is 58.9 Å². The molecule has 0 aromatic carbocycles. The summed E-state index contributed by atoms with van der Waals surface area (Å²) in [6.07, 6.45) is 0. The topological polar surface area (TPSA) is 57.2 Å². The van der Waals surface area contributed by atoms with Crippen LogP contribution in [0.15, 0.2) is 0 Å². The van der Waals surface area contributed by atoms with Gasteiger partial charge in [-0.15, -0.1) is 0 Å². The molecule has 0 bridgehead atoms. The van der Waals surface area contributed by atoms with E-state index in [1.165, 1.54) is 0 Å². The van der Waals surface area contributed by atoms with E-state index in [0.29, 0.717) is 0 Å². The molecule has 0 N–H and O–H groups in total. The predicted octanol–water partition coefficient (Wildman–Crippen LogP) is 0.0489. The van der Waals surface area contributed by atoms with Gasteiger partial charge in [0.15, 0.2) is 10.1 Å². The van der Waals surface area contributed by atoms with Crippen LogP contribution in [0.25, 0.3) is 0 Å². The van der Waals surface area contributed by atoms with Gasteiger partial charge in [-0.3, -0.25) is 0 Å². The van der Waals surface area contributed by atoms with Crippen LogP contribution in [0.1, 0.15) is 0 Å². The Morgan fingerprint density at radius 2 is 1.33 bits per heavy atom. The van der Waals surface area contributed by atoms with Crippen LogP contribution in [0.5, 0.6) is 0 Å². The molecule has 0 radical (unpaired) electrons. The van der Waals surface area contributed by atoms with Gasteiger partial charge in [0.1, 0.15) is 0 Å². The van der Waals surface area contributed by atoms with Crippen molar-refractivity contribution in [1.82, 2.24) is 0 Å². The third kappa shape index (κ3) is 4.24. The van der Waals surface area contributed by atoms with E-state index in [2.05, 4.69) is 0 Å². The molecule has 0 amide bonds. The Labute approximate surface area is 74.2 Å². The minimum Gasteiger partial charge on any atom is -0.741 e. The average molecular weight is 238 g/mol. The maximum atomic E-state index is 10.7. The molecule has 0 aromatic rings. The summed E-state index contributed by atoms with van der Waals surface area (Å²) in [5, 5.41) is 0. The smallest absolute Gasteiger partial charge is 0.741 e. The van der Waals surface area contributed by atoms with Crippen molar-refractivity contribution in [3.05, 3.63) is 0 Å². The first-order valence-electron chi connectivity index (χ1n) is 1.27. The molecular formula is CF3O3SY+2. The third-order valence-corrected chi connectivity index (χ3v) is 0.850. The molecule has 50 valence electrons. The normalized spacial score (nSPS) is 12.4. The average Bonchev–Trinajstić information content (AvgIpc) is 1.25. The Bertz CT molecular complexity index is 168. The van der Waals surface area contributed by atoms with Crippen molar-refractivity contribution in [3.8, 4) is 0 Å². The quantitative estimate of drug-likeness (QED) is 0.442. The van der Waals surface area contributed by atoms with Gasteiger partial charge in [0.25, 0.3) is 0 Å². The first kappa shape index (κ1) is 12.5. The minimum atomic E-state index is -6.09. The molecule has 0 fully saturated rings. The largest absolute Gasteiger partial charge is 3.00 e. The third-order valence-electron chi connectivity index (χ3n) is 0.283. The summed E-state index contributed by atoms with van der Waals surface area (Å²) in [5.41, 5.74) is -5.65. The number of halogens is 3. The summed E-state index contributed by atoms with van der Waals surface area (Å²) in [6.45, 7) is 0. The van der Waals surface area contributed by atoms with E-state index in [1.807, 2.05) is 0 Å². The summed E-state index contributed by atoms with van der Waals surface area (Å²) < 4.78 is 58.9. The van der Waals surface area contributed by atoms with Gasteiger partial charge in [-0.2, -0.15) is 13.2 Å². The first-order valence-corrected chi connectivity index (χ1v) is 2.68. The zero-order valence-corrected chi connectivity index (χ0v) is 7.50. The number of hydrogen-bond donors (Lipinski definition) is 0. The van der Waals surface area contributed by atoms with Crippen molar-refractivity contribution in [3.63, 3.8) is 0 Å². The van der Waals surface area contributed by atoms with E-state index in [4.69, 9.17) is 13.0 Å². The molecule has 0 saturated heterocycles. The summed E-state index contributed by atoms with van der Waals surface area (Å²) >= 11 is 0. The molecule has 0 aliphatic rings. The molecule has 0 aliphatic carbocycles. The van der Waals surface area contributed by atoms with Crippen LogP contribution in [-0.2, 0) is 42.8 Å². The zero-order valence-electron chi connectivity index (χ0n) is 3.84. The van der Waals surface area contributed by atoms with Crippen LogP contribution in [0.3, 0.4) is 0 Å². The molecular weight excluding hydrogens is 238 g/mol. The standard InChI is InChI=1S/CHF3O3S.Y/c2-1(3,4)8(5,6)7;/h(H,5,6,7);/q;+3/p-1. The second-order valence-electron chi connectivity index (χ2n) is 0.900. The number of alkyl halides is 3. The summed E-state index contributed by atoms with van der Waals surface area (Å²) in [7, 11) is -6.09. The summed E-state index contributed by atoms with van der Waals surface area (Å²) in [4.78, 5) is 0. The zero-order chi connectivity index (χ0) is 7.00. The van der Waals surface area contributed by atoms with Crippen molar-refractivity contribution in [1.29, 1.82) is 0 Å². The second-order valence-corrected chi connectivity index (χ2v) is 2.27. The molecule has 0 aromatic heterocycles. The van der Waals surface area contributed by atoms with Crippen LogP contribution in [0.2, 0.25) is 0 Å². The van der Waals surface area contributed by atoms with Crippen LogP contribution < -0.4 is 0 Å². The molecule has 0 spiro atoms. The fraction of sp³-hybridized carbons (Fsp3) is 1.00.